The second kappa shape index (κ2) is 6.22. The molecule has 0 radical (unpaired) electrons. The third kappa shape index (κ3) is 2.65. The number of fused-ring (bicyclic) bond motifs is 1. The fourth-order valence-corrected chi connectivity index (χ4v) is 3.99. The molecule has 0 bridgehead atoms. The van der Waals surface area contributed by atoms with Gasteiger partial charge in [0, 0.05) is 25.3 Å². The highest BCUT2D eigenvalue weighted by molar-refractivity contribution is 6.38. The van der Waals surface area contributed by atoms with Gasteiger partial charge in [-0.2, -0.15) is 0 Å². The van der Waals surface area contributed by atoms with E-state index in [9.17, 15) is 19.1 Å². The van der Waals surface area contributed by atoms with Gasteiger partial charge in [-0.25, -0.2) is 14.7 Å². The Bertz CT molecular complexity index is 973. The zero-order valence-electron chi connectivity index (χ0n) is 13.7. The van der Waals surface area contributed by atoms with Crippen molar-refractivity contribution in [3.8, 4) is 0 Å². The predicted octanol–water partition coefficient (Wildman–Crippen LogP) is 2.38. The van der Waals surface area contributed by atoms with Crippen molar-refractivity contribution >= 4 is 34.2 Å². The van der Waals surface area contributed by atoms with Gasteiger partial charge in [0.15, 0.2) is 0 Å². The molecule has 0 amide bonds. The van der Waals surface area contributed by atoms with Gasteiger partial charge in [-0.15, -0.1) is 0 Å². The molecule has 138 valence electrons. The van der Waals surface area contributed by atoms with E-state index in [0.29, 0.717) is 25.0 Å². The van der Waals surface area contributed by atoms with Crippen LogP contribution in [0.2, 0.25) is 5.02 Å². The van der Waals surface area contributed by atoms with Crippen LogP contribution in [0.5, 0.6) is 0 Å². The van der Waals surface area contributed by atoms with Gasteiger partial charge in [0.2, 0.25) is 5.43 Å². The molecule has 26 heavy (non-hydrogen) atoms. The fraction of sp³-hybridized carbons (Fsp3) is 0.412. The van der Waals surface area contributed by atoms with Crippen molar-refractivity contribution in [2.75, 3.05) is 18.0 Å². The van der Waals surface area contributed by atoms with Crippen LogP contribution in [0.3, 0.4) is 0 Å². The Morgan fingerprint density at radius 3 is 2.65 bits per heavy atom. The molecule has 1 aliphatic carbocycles. The van der Waals surface area contributed by atoms with Crippen LogP contribution < -0.4 is 15.8 Å². The highest BCUT2D eigenvalue weighted by atomic mass is 35.5. The molecule has 2 aliphatic rings. The Morgan fingerprint density at radius 2 is 2.08 bits per heavy atom. The third-order valence-electron chi connectivity index (χ3n) is 5.04. The number of aromatic carboxylic acids is 1. The molecular weight excluding hydrogens is 365 g/mol. The van der Waals surface area contributed by atoms with Crippen molar-refractivity contribution in [3.05, 3.63) is 38.9 Å². The van der Waals surface area contributed by atoms with E-state index in [1.807, 2.05) is 0 Å². The van der Waals surface area contributed by atoms with Crippen LogP contribution in [0.1, 0.15) is 35.7 Å². The third-order valence-corrected chi connectivity index (χ3v) is 5.40. The van der Waals surface area contributed by atoms with E-state index in [-0.39, 0.29) is 28.2 Å². The number of nitrogens with one attached hydrogen (secondary N) is 1. The van der Waals surface area contributed by atoms with Crippen LogP contribution in [0, 0.1) is 5.82 Å². The lowest BCUT2D eigenvalue weighted by Crippen LogP contribution is -2.30. The second-order valence-corrected chi connectivity index (χ2v) is 7.17. The van der Waals surface area contributed by atoms with Gasteiger partial charge in [-0.05, 0) is 25.3 Å². The van der Waals surface area contributed by atoms with Gasteiger partial charge in [0.1, 0.15) is 11.4 Å². The Kier molecular flexibility index (Phi) is 4.13. The van der Waals surface area contributed by atoms with Gasteiger partial charge in [0.05, 0.1) is 27.7 Å². The SMILES string of the molecule is O=C(O)c1cn(C2CC2)c2c(Cl)c(N3CCC(NO)C3)c(F)cc2c1=O. The zero-order chi connectivity index (χ0) is 18.6. The van der Waals surface area contributed by atoms with Crippen molar-refractivity contribution < 1.29 is 19.5 Å². The molecule has 7 nitrogen and oxygen atoms in total. The molecule has 1 unspecified atom stereocenters. The number of anilines is 1. The molecule has 1 aliphatic heterocycles. The lowest BCUT2D eigenvalue weighted by atomic mass is 10.1. The second-order valence-electron chi connectivity index (χ2n) is 6.79. The van der Waals surface area contributed by atoms with E-state index in [0.717, 1.165) is 18.9 Å². The minimum atomic E-state index is -1.34. The molecule has 1 saturated heterocycles. The first-order valence-corrected chi connectivity index (χ1v) is 8.75. The first-order valence-electron chi connectivity index (χ1n) is 8.37. The minimum Gasteiger partial charge on any atom is -0.477 e. The summed E-state index contributed by atoms with van der Waals surface area (Å²) in [5.41, 5.74) is 1.58. The molecule has 1 saturated carbocycles. The molecule has 1 aromatic carbocycles. The summed E-state index contributed by atoms with van der Waals surface area (Å²) in [4.78, 5) is 25.6. The number of carboxylic acid groups (broad SMARTS) is 1. The summed E-state index contributed by atoms with van der Waals surface area (Å²) in [6.07, 6.45) is 3.62. The average molecular weight is 382 g/mol. The summed E-state index contributed by atoms with van der Waals surface area (Å²) in [6.45, 7) is 0.876. The van der Waals surface area contributed by atoms with E-state index < -0.39 is 22.8 Å². The number of pyridine rings is 1. The Hall–Kier alpha value is -2.16. The van der Waals surface area contributed by atoms with Crippen molar-refractivity contribution in [1.82, 2.24) is 10.0 Å². The summed E-state index contributed by atoms with van der Waals surface area (Å²) in [7, 11) is 0. The van der Waals surface area contributed by atoms with Crippen LogP contribution in [-0.4, -0.2) is 40.0 Å². The number of benzene rings is 1. The highest BCUT2D eigenvalue weighted by Crippen LogP contribution is 2.42. The number of carbonyl (C=O) groups is 1. The van der Waals surface area contributed by atoms with E-state index in [4.69, 9.17) is 16.8 Å². The molecule has 1 atom stereocenters. The molecule has 0 spiro atoms. The summed E-state index contributed by atoms with van der Waals surface area (Å²) >= 11 is 6.53. The number of hydrogen-bond acceptors (Lipinski definition) is 5. The quantitative estimate of drug-likeness (QED) is 0.704. The van der Waals surface area contributed by atoms with Crippen molar-refractivity contribution in [1.29, 1.82) is 0 Å². The van der Waals surface area contributed by atoms with E-state index in [1.54, 1.807) is 9.47 Å². The Labute approximate surface area is 152 Å². The molecule has 2 fully saturated rings. The largest absolute Gasteiger partial charge is 0.477 e. The van der Waals surface area contributed by atoms with Crippen molar-refractivity contribution in [2.24, 2.45) is 0 Å². The van der Waals surface area contributed by atoms with Crippen LogP contribution in [-0.2, 0) is 0 Å². The first-order chi connectivity index (χ1) is 12.4. The maximum absolute atomic E-state index is 14.8. The topological polar surface area (TPSA) is 94.8 Å². The molecule has 3 N–H and O–H groups in total. The Balaban J connectivity index is 1.97. The minimum absolute atomic E-state index is 0.0286. The molecular formula is C17H17ClFN3O4. The fourth-order valence-electron chi connectivity index (χ4n) is 3.58. The monoisotopic (exact) mass is 381 g/mol. The van der Waals surface area contributed by atoms with Gasteiger partial charge >= 0.3 is 5.97 Å². The number of hydrogen-bond donors (Lipinski definition) is 3. The van der Waals surface area contributed by atoms with Gasteiger partial charge in [0.25, 0.3) is 0 Å². The van der Waals surface area contributed by atoms with Crippen LogP contribution in [0.15, 0.2) is 17.1 Å². The highest BCUT2D eigenvalue weighted by Gasteiger charge is 2.32. The van der Waals surface area contributed by atoms with Gasteiger partial charge in [-0.1, -0.05) is 11.6 Å². The number of hydroxylamine groups is 1. The summed E-state index contributed by atoms with van der Waals surface area (Å²) < 4.78 is 16.5. The zero-order valence-corrected chi connectivity index (χ0v) is 14.5. The molecule has 2 heterocycles. The standard InChI is InChI=1S/C17H17ClFN3O4/c18-13-14-10(5-12(19)15(13)21-4-3-8(6-21)20-26)16(23)11(17(24)25)7-22(14)9-1-2-9/h5,7-9,20,26H,1-4,6H2,(H,24,25). The van der Waals surface area contributed by atoms with Gasteiger partial charge in [-0.3, -0.25) is 4.79 Å². The molecule has 1 aromatic heterocycles. The van der Waals surface area contributed by atoms with Gasteiger partial charge < -0.3 is 19.8 Å². The van der Waals surface area contributed by atoms with E-state index in [1.165, 1.54) is 6.20 Å². The maximum Gasteiger partial charge on any atom is 0.341 e. The first kappa shape index (κ1) is 17.3. The van der Waals surface area contributed by atoms with E-state index in [2.05, 4.69) is 5.48 Å². The number of aromatic nitrogens is 1. The molecule has 9 heteroatoms. The number of halogens is 2. The van der Waals surface area contributed by atoms with Crippen LogP contribution in [0.25, 0.3) is 10.9 Å². The van der Waals surface area contributed by atoms with Crippen molar-refractivity contribution in [3.63, 3.8) is 0 Å². The Morgan fingerprint density at radius 1 is 1.35 bits per heavy atom. The number of nitrogens with zero attached hydrogens (tertiary/aromatic N) is 2. The molecule has 4 rings (SSSR count). The van der Waals surface area contributed by atoms with Crippen molar-refractivity contribution in [2.45, 2.75) is 31.3 Å². The maximum atomic E-state index is 14.8. The lowest BCUT2D eigenvalue weighted by Gasteiger charge is -2.23. The van der Waals surface area contributed by atoms with E-state index >= 15 is 0 Å². The summed E-state index contributed by atoms with van der Waals surface area (Å²) in [5.74, 6) is -2.02. The predicted molar refractivity (Wildman–Crippen MR) is 93.9 cm³/mol. The van der Waals surface area contributed by atoms with Crippen LogP contribution in [0.4, 0.5) is 10.1 Å². The summed E-state index contributed by atoms with van der Waals surface area (Å²) in [5, 5.41) is 18.4. The number of carboxylic acids is 1. The lowest BCUT2D eigenvalue weighted by molar-refractivity contribution is 0.0695. The normalized spacial score (nSPS) is 20.1. The van der Waals surface area contributed by atoms with Crippen LogP contribution >= 0.6 is 11.6 Å². The smallest absolute Gasteiger partial charge is 0.341 e. The number of rotatable bonds is 4. The molecule has 2 aromatic rings. The average Bonchev–Trinajstić information content (AvgIpc) is 3.33. The summed E-state index contributed by atoms with van der Waals surface area (Å²) in [6, 6.07) is 0.933.